The minimum absolute atomic E-state index is 0.195. The Labute approximate surface area is 122 Å². The first-order valence-electron chi connectivity index (χ1n) is 7.04. The van der Waals surface area contributed by atoms with Crippen LogP contribution in [0, 0.1) is 11.6 Å². The Morgan fingerprint density at radius 2 is 1.86 bits per heavy atom. The lowest BCUT2D eigenvalue weighted by Gasteiger charge is -2.29. The number of carbonyl (C=O) groups excluding carboxylic acids is 2. The zero-order valence-electron chi connectivity index (χ0n) is 11.9. The highest BCUT2D eigenvalue weighted by atomic mass is 19.1. The molecule has 0 radical (unpaired) electrons. The van der Waals surface area contributed by atoms with Gasteiger partial charge < -0.3 is 10.2 Å². The van der Waals surface area contributed by atoms with Gasteiger partial charge in [0.25, 0.3) is 5.91 Å². The van der Waals surface area contributed by atoms with Gasteiger partial charge in [-0.05, 0) is 44.4 Å². The van der Waals surface area contributed by atoms with E-state index in [0.29, 0.717) is 13.1 Å². The number of hydrogen-bond acceptors (Lipinski definition) is 2. The van der Waals surface area contributed by atoms with Crippen LogP contribution in [0.1, 0.15) is 36.5 Å². The number of halogens is 2. The molecule has 0 spiro atoms. The van der Waals surface area contributed by atoms with Crippen molar-refractivity contribution in [1.29, 1.82) is 0 Å². The molecule has 1 aromatic carbocycles. The van der Waals surface area contributed by atoms with Gasteiger partial charge in [0, 0.05) is 13.1 Å². The van der Waals surface area contributed by atoms with Crippen molar-refractivity contribution in [2.75, 3.05) is 13.1 Å². The highest BCUT2D eigenvalue weighted by molar-refractivity contribution is 5.97. The summed E-state index contributed by atoms with van der Waals surface area (Å²) in [6.45, 7) is 2.90. The molecule has 0 saturated carbocycles. The van der Waals surface area contributed by atoms with Gasteiger partial charge in [0.1, 0.15) is 17.7 Å². The topological polar surface area (TPSA) is 49.4 Å². The van der Waals surface area contributed by atoms with Gasteiger partial charge in [-0.2, -0.15) is 0 Å². The maximum atomic E-state index is 13.5. The number of likely N-dealkylation sites (tertiary alicyclic amines) is 1. The number of nitrogens with one attached hydrogen (secondary N) is 1. The van der Waals surface area contributed by atoms with Gasteiger partial charge >= 0.3 is 0 Å². The number of nitrogens with zero attached hydrogens (tertiary/aromatic N) is 1. The Bertz CT molecular complexity index is 542. The normalized spacial score (nSPS) is 16.4. The van der Waals surface area contributed by atoms with Crippen LogP contribution in [0.15, 0.2) is 18.2 Å². The summed E-state index contributed by atoms with van der Waals surface area (Å²) in [6.07, 6.45) is 2.99. The fraction of sp³-hybridized carbons (Fsp3) is 0.467. The minimum Gasteiger partial charge on any atom is -0.341 e. The van der Waals surface area contributed by atoms with Crippen LogP contribution in [-0.4, -0.2) is 35.8 Å². The van der Waals surface area contributed by atoms with E-state index in [-0.39, 0.29) is 5.91 Å². The second-order valence-corrected chi connectivity index (χ2v) is 5.21. The fourth-order valence-corrected chi connectivity index (χ4v) is 2.40. The Morgan fingerprint density at radius 3 is 2.52 bits per heavy atom. The van der Waals surface area contributed by atoms with Gasteiger partial charge in [0.15, 0.2) is 0 Å². The lowest BCUT2D eigenvalue weighted by molar-refractivity contribution is -0.133. The minimum atomic E-state index is -0.813. The molecular weight excluding hydrogens is 278 g/mol. The predicted octanol–water partition coefficient (Wildman–Crippen LogP) is 2.10. The summed E-state index contributed by atoms with van der Waals surface area (Å²) in [7, 11) is 0. The first-order chi connectivity index (χ1) is 9.99. The van der Waals surface area contributed by atoms with Crippen molar-refractivity contribution in [3.63, 3.8) is 0 Å². The lowest BCUT2D eigenvalue weighted by Crippen LogP contribution is -2.48. The average Bonchev–Trinajstić information content (AvgIpc) is 2.49. The number of rotatable bonds is 3. The quantitative estimate of drug-likeness (QED) is 0.928. The van der Waals surface area contributed by atoms with E-state index in [1.165, 1.54) is 0 Å². The van der Waals surface area contributed by atoms with E-state index >= 15 is 0 Å². The summed E-state index contributed by atoms with van der Waals surface area (Å²) in [5.41, 5.74) is -0.395. The Kier molecular flexibility index (Phi) is 4.88. The van der Waals surface area contributed by atoms with Crippen molar-refractivity contribution in [2.45, 2.75) is 32.2 Å². The average molecular weight is 296 g/mol. The first-order valence-corrected chi connectivity index (χ1v) is 7.04. The zero-order valence-corrected chi connectivity index (χ0v) is 11.9. The van der Waals surface area contributed by atoms with Crippen LogP contribution in [0.25, 0.3) is 0 Å². The molecule has 2 amide bonds. The molecule has 1 saturated heterocycles. The molecule has 6 heteroatoms. The van der Waals surface area contributed by atoms with E-state index < -0.39 is 29.1 Å². The van der Waals surface area contributed by atoms with Crippen molar-refractivity contribution in [2.24, 2.45) is 0 Å². The third-order valence-corrected chi connectivity index (χ3v) is 3.56. The molecule has 0 unspecified atom stereocenters. The van der Waals surface area contributed by atoms with Gasteiger partial charge in [-0.3, -0.25) is 9.59 Å². The van der Waals surface area contributed by atoms with Crippen LogP contribution in [0.2, 0.25) is 0 Å². The van der Waals surface area contributed by atoms with Crippen LogP contribution in [-0.2, 0) is 4.79 Å². The molecule has 1 atom stereocenters. The van der Waals surface area contributed by atoms with Crippen LogP contribution in [0.3, 0.4) is 0 Å². The maximum Gasteiger partial charge on any atom is 0.255 e. The first kappa shape index (κ1) is 15.4. The number of benzene rings is 1. The Balaban J connectivity index is 2.01. The molecule has 114 valence electrons. The monoisotopic (exact) mass is 296 g/mol. The van der Waals surface area contributed by atoms with Gasteiger partial charge in [-0.15, -0.1) is 0 Å². The fourth-order valence-electron chi connectivity index (χ4n) is 2.40. The Morgan fingerprint density at radius 1 is 1.19 bits per heavy atom. The van der Waals surface area contributed by atoms with E-state index in [2.05, 4.69) is 5.32 Å². The highest BCUT2D eigenvalue weighted by Crippen LogP contribution is 2.12. The van der Waals surface area contributed by atoms with Gasteiger partial charge in [0.2, 0.25) is 5.91 Å². The lowest BCUT2D eigenvalue weighted by atomic mass is 10.1. The van der Waals surface area contributed by atoms with Crippen molar-refractivity contribution >= 4 is 11.8 Å². The van der Waals surface area contributed by atoms with Crippen molar-refractivity contribution < 1.29 is 18.4 Å². The van der Waals surface area contributed by atoms with Crippen molar-refractivity contribution in [1.82, 2.24) is 10.2 Å². The summed E-state index contributed by atoms with van der Waals surface area (Å²) in [5, 5.41) is 2.42. The SMILES string of the molecule is C[C@H](NC(=O)c1cc(F)ccc1F)C(=O)N1CCCCC1. The van der Waals surface area contributed by atoms with Gasteiger partial charge in [-0.25, -0.2) is 8.78 Å². The van der Waals surface area contributed by atoms with Crippen molar-refractivity contribution in [3.8, 4) is 0 Å². The Hall–Kier alpha value is -1.98. The van der Waals surface area contributed by atoms with Gasteiger partial charge in [-0.1, -0.05) is 0 Å². The summed E-state index contributed by atoms with van der Waals surface area (Å²) >= 11 is 0. The van der Waals surface area contributed by atoms with Crippen LogP contribution in [0.4, 0.5) is 8.78 Å². The van der Waals surface area contributed by atoms with E-state index in [0.717, 1.165) is 37.5 Å². The molecule has 1 fully saturated rings. The van der Waals surface area contributed by atoms with Crippen LogP contribution >= 0.6 is 0 Å². The van der Waals surface area contributed by atoms with Crippen LogP contribution in [0.5, 0.6) is 0 Å². The molecule has 1 heterocycles. The molecule has 21 heavy (non-hydrogen) atoms. The molecule has 0 aromatic heterocycles. The van der Waals surface area contributed by atoms with E-state index in [1.807, 2.05) is 0 Å². The van der Waals surface area contributed by atoms with E-state index in [1.54, 1.807) is 11.8 Å². The van der Waals surface area contributed by atoms with E-state index in [9.17, 15) is 18.4 Å². The third-order valence-electron chi connectivity index (χ3n) is 3.56. The summed E-state index contributed by atoms with van der Waals surface area (Å²) in [5.74, 6) is -2.49. The molecule has 2 rings (SSSR count). The second-order valence-electron chi connectivity index (χ2n) is 5.21. The number of piperidine rings is 1. The molecule has 0 aliphatic carbocycles. The van der Waals surface area contributed by atoms with E-state index in [4.69, 9.17) is 0 Å². The predicted molar refractivity (Wildman–Crippen MR) is 73.7 cm³/mol. The highest BCUT2D eigenvalue weighted by Gasteiger charge is 2.24. The number of amides is 2. The molecule has 1 aliphatic heterocycles. The smallest absolute Gasteiger partial charge is 0.255 e. The maximum absolute atomic E-state index is 13.5. The summed E-state index contributed by atoms with van der Waals surface area (Å²) < 4.78 is 26.6. The summed E-state index contributed by atoms with van der Waals surface area (Å²) in [6, 6.07) is 1.89. The molecule has 4 nitrogen and oxygen atoms in total. The number of hydrogen-bond donors (Lipinski definition) is 1. The number of carbonyl (C=O) groups is 2. The van der Waals surface area contributed by atoms with Crippen LogP contribution < -0.4 is 5.32 Å². The third kappa shape index (κ3) is 3.77. The summed E-state index contributed by atoms with van der Waals surface area (Å²) in [4.78, 5) is 25.8. The van der Waals surface area contributed by atoms with Gasteiger partial charge in [0.05, 0.1) is 5.56 Å². The molecule has 0 bridgehead atoms. The second kappa shape index (κ2) is 6.65. The zero-order chi connectivity index (χ0) is 15.4. The molecule has 1 aliphatic rings. The molecular formula is C15H18F2N2O2. The largest absolute Gasteiger partial charge is 0.341 e. The standard InChI is InChI=1S/C15H18F2N2O2/c1-10(15(21)19-7-3-2-4-8-19)18-14(20)12-9-11(16)5-6-13(12)17/h5-6,9-10H,2-4,7-8H2,1H3,(H,18,20)/t10-/m0/s1. The molecule has 1 aromatic rings. The molecule has 1 N–H and O–H groups in total. The van der Waals surface area contributed by atoms with Crippen molar-refractivity contribution in [3.05, 3.63) is 35.4 Å².